The standard InChI is InChI=1S/C10H17NO4S/c12-10(13)9-5-2-6-11(9)16(14,15)7-8-3-1-4-8/h8-9H,1-7H2,(H,12,13)/t9-/m0/s1. The van der Waals surface area contributed by atoms with Gasteiger partial charge in [-0.15, -0.1) is 0 Å². The van der Waals surface area contributed by atoms with Crippen molar-refractivity contribution in [2.75, 3.05) is 12.3 Å². The van der Waals surface area contributed by atoms with E-state index in [9.17, 15) is 13.2 Å². The lowest BCUT2D eigenvalue weighted by atomic mass is 9.87. The summed E-state index contributed by atoms with van der Waals surface area (Å²) < 4.78 is 25.2. The van der Waals surface area contributed by atoms with Gasteiger partial charge in [0.2, 0.25) is 10.0 Å². The van der Waals surface area contributed by atoms with Crippen LogP contribution in [0.15, 0.2) is 0 Å². The molecule has 2 fully saturated rings. The van der Waals surface area contributed by atoms with E-state index < -0.39 is 22.0 Å². The Morgan fingerprint density at radius 2 is 1.94 bits per heavy atom. The summed E-state index contributed by atoms with van der Waals surface area (Å²) in [6.07, 6.45) is 4.12. The number of carboxylic acid groups (broad SMARTS) is 1. The molecule has 5 nitrogen and oxygen atoms in total. The van der Waals surface area contributed by atoms with E-state index >= 15 is 0 Å². The molecule has 0 aromatic rings. The number of rotatable bonds is 4. The number of aliphatic carboxylic acids is 1. The Labute approximate surface area is 95.5 Å². The molecule has 2 aliphatic rings. The highest BCUT2D eigenvalue weighted by Gasteiger charge is 2.40. The van der Waals surface area contributed by atoms with Gasteiger partial charge in [-0.1, -0.05) is 6.42 Å². The van der Waals surface area contributed by atoms with Gasteiger partial charge in [-0.05, 0) is 31.6 Å². The summed E-state index contributed by atoms with van der Waals surface area (Å²) in [5.41, 5.74) is 0. The molecule has 1 heterocycles. The van der Waals surface area contributed by atoms with Crippen LogP contribution in [-0.2, 0) is 14.8 Å². The second-order valence-electron chi connectivity index (χ2n) is 4.68. The quantitative estimate of drug-likeness (QED) is 0.792. The molecule has 2 rings (SSSR count). The summed E-state index contributed by atoms with van der Waals surface area (Å²) in [6, 6.07) is -0.829. The molecule has 0 radical (unpaired) electrons. The van der Waals surface area contributed by atoms with Gasteiger partial charge in [0.1, 0.15) is 6.04 Å². The SMILES string of the molecule is O=C(O)[C@@H]1CCCN1S(=O)(=O)CC1CCC1. The van der Waals surface area contributed by atoms with Crippen molar-refractivity contribution in [3.05, 3.63) is 0 Å². The lowest BCUT2D eigenvalue weighted by Crippen LogP contribution is -2.43. The van der Waals surface area contributed by atoms with Crippen LogP contribution in [0.4, 0.5) is 0 Å². The van der Waals surface area contributed by atoms with Crippen LogP contribution in [0.3, 0.4) is 0 Å². The van der Waals surface area contributed by atoms with E-state index in [4.69, 9.17) is 5.11 Å². The van der Waals surface area contributed by atoms with E-state index in [-0.39, 0.29) is 11.7 Å². The van der Waals surface area contributed by atoms with E-state index in [1.165, 1.54) is 4.31 Å². The maximum atomic E-state index is 12.0. The fraction of sp³-hybridized carbons (Fsp3) is 0.900. The van der Waals surface area contributed by atoms with Crippen LogP contribution in [-0.4, -0.2) is 42.1 Å². The minimum Gasteiger partial charge on any atom is -0.480 e. The zero-order chi connectivity index (χ0) is 11.8. The third kappa shape index (κ3) is 2.22. The zero-order valence-corrected chi connectivity index (χ0v) is 9.95. The van der Waals surface area contributed by atoms with Crippen molar-refractivity contribution < 1.29 is 18.3 Å². The zero-order valence-electron chi connectivity index (χ0n) is 9.13. The highest BCUT2D eigenvalue weighted by molar-refractivity contribution is 7.89. The highest BCUT2D eigenvalue weighted by atomic mass is 32.2. The monoisotopic (exact) mass is 247 g/mol. The Hall–Kier alpha value is -0.620. The number of hydrogen-bond acceptors (Lipinski definition) is 3. The predicted octanol–water partition coefficient (Wildman–Crippen LogP) is 0.665. The maximum absolute atomic E-state index is 12.0. The topological polar surface area (TPSA) is 74.7 Å². The molecule has 0 aromatic heterocycles. The Kier molecular flexibility index (Phi) is 3.21. The molecule has 0 spiro atoms. The molecule has 0 aromatic carbocycles. The third-order valence-corrected chi connectivity index (χ3v) is 5.56. The van der Waals surface area contributed by atoms with Crippen molar-refractivity contribution in [1.82, 2.24) is 4.31 Å². The molecular weight excluding hydrogens is 230 g/mol. The minimum absolute atomic E-state index is 0.136. The first-order valence-corrected chi connectivity index (χ1v) is 7.34. The molecular formula is C10H17NO4S. The Balaban J connectivity index is 2.06. The summed E-state index contributed by atoms with van der Waals surface area (Å²) >= 11 is 0. The molecule has 1 aliphatic heterocycles. The van der Waals surface area contributed by atoms with E-state index in [1.807, 2.05) is 0 Å². The first-order chi connectivity index (χ1) is 7.50. The average molecular weight is 247 g/mol. The molecule has 1 saturated carbocycles. The lowest BCUT2D eigenvalue weighted by Gasteiger charge is -2.28. The fourth-order valence-electron chi connectivity index (χ4n) is 2.37. The number of carbonyl (C=O) groups is 1. The van der Waals surface area contributed by atoms with Gasteiger partial charge in [0, 0.05) is 6.54 Å². The Morgan fingerprint density at radius 1 is 1.25 bits per heavy atom. The molecule has 1 atom stereocenters. The van der Waals surface area contributed by atoms with Gasteiger partial charge in [0.25, 0.3) is 0 Å². The van der Waals surface area contributed by atoms with Crippen molar-refractivity contribution in [1.29, 1.82) is 0 Å². The van der Waals surface area contributed by atoms with E-state index in [0.29, 0.717) is 19.4 Å². The number of hydrogen-bond donors (Lipinski definition) is 1. The van der Waals surface area contributed by atoms with E-state index in [1.54, 1.807) is 0 Å². The average Bonchev–Trinajstić information content (AvgIpc) is 2.60. The first-order valence-electron chi connectivity index (χ1n) is 5.73. The fourth-order valence-corrected chi connectivity index (χ4v) is 4.48. The molecule has 16 heavy (non-hydrogen) atoms. The summed E-state index contributed by atoms with van der Waals surface area (Å²) in [4.78, 5) is 10.9. The first kappa shape index (κ1) is 11.9. The van der Waals surface area contributed by atoms with Crippen molar-refractivity contribution in [2.45, 2.75) is 38.1 Å². The second-order valence-corrected chi connectivity index (χ2v) is 6.65. The minimum atomic E-state index is -3.36. The predicted molar refractivity (Wildman–Crippen MR) is 58.5 cm³/mol. The van der Waals surface area contributed by atoms with E-state index in [0.717, 1.165) is 19.3 Å². The summed E-state index contributed by atoms with van der Waals surface area (Å²) in [5.74, 6) is -0.633. The Bertz CT molecular complexity index is 374. The number of sulfonamides is 1. The van der Waals surface area contributed by atoms with Crippen molar-refractivity contribution in [3.8, 4) is 0 Å². The second kappa shape index (κ2) is 4.33. The molecule has 0 bridgehead atoms. The van der Waals surface area contributed by atoms with Crippen LogP contribution in [0.25, 0.3) is 0 Å². The van der Waals surface area contributed by atoms with Crippen molar-refractivity contribution in [2.24, 2.45) is 5.92 Å². The number of carboxylic acids is 1. The van der Waals surface area contributed by atoms with Gasteiger partial charge in [-0.2, -0.15) is 4.31 Å². The lowest BCUT2D eigenvalue weighted by molar-refractivity contribution is -0.140. The van der Waals surface area contributed by atoms with Crippen LogP contribution >= 0.6 is 0 Å². The van der Waals surface area contributed by atoms with E-state index in [2.05, 4.69) is 0 Å². The Morgan fingerprint density at radius 3 is 2.44 bits per heavy atom. The smallest absolute Gasteiger partial charge is 0.322 e. The molecule has 0 unspecified atom stereocenters. The van der Waals surface area contributed by atoms with Gasteiger partial charge in [-0.3, -0.25) is 4.79 Å². The summed E-state index contributed by atoms with van der Waals surface area (Å²) in [7, 11) is -3.36. The molecule has 92 valence electrons. The van der Waals surface area contributed by atoms with Gasteiger partial charge in [0.05, 0.1) is 5.75 Å². The van der Waals surface area contributed by atoms with Crippen LogP contribution in [0.5, 0.6) is 0 Å². The van der Waals surface area contributed by atoms with Crippen LogP contribution in [0.1, 0.15) is 32.1 Å². The van der Waals surface area contributed by atoms with Crippen LogP contribution in [0, 0.1) is 5.92 Å². The van der Waals surface area contributed by atoms with Gasteiger partial charge in [0.15, 0.2) is 0 Å². The van der Waals surface area contributed by atoms with Gasteiger partial charge >= 0.3 is 5.97 Å². The summed E-state index contributed by atoms with van der Waals surface area (Å²) in [5, 5.41) is 8.95. The van der Waals surface area contributed by atoms with Crippen molar-refractivity contribution >= 4 is 16.0 Å². The van der Waals surface area contributed by atoms with Crippen LogP contribution in [0.2, 0.25) is 0 Å². The highest BCUT2D eigenvalue weighted by Crippen LogP contribution is 2.30. The largest absolute Gasteiger partial charge is 0.480 e. The molecule has 0 amide bonds. The molecule has 1 N–H and O–H groups in total. The third-order valence-electron chi connectivity index (χ3n) is 3.52. The maximum Gasteiger partial charge on any atom is 0.322 e. The van der Waals surface area contributed by atoms with Gasteiger partial charge < -0.3 is 5.11 Å². The normalized spacial score (nSPS) is 27.9. The molecule has 6 heteroatoms. The van der Waals surface area contributed by atoms with Crippen molar-refractivity contribution in [3.63, 3.8) is 0 Å². The summed E-state index contributed by atoms with van der Waals surface area (Å²) in [6.45, 7) is 0.367. The molecule has 1 aliphatic carbocycles. The number of nitrogens with zero attached hydrogens (tertiary/aromatic N) is 1. The molecule has 1 saturated heterocycles. The van der Waals surface area contributed by atoms with Crippen LogP contribution < -0.4 is 0 Å². The van der Waals surface area contributed by atoms with Gasteiger partial charge in [-0.25, -0.2) is 8.42 Å².